The van der Waals surface area contributed by atoms with Crippen LogP contribution in [0.1, 0.15) is 35.3 Å². The Hall–Kier alpha value is -4.13. The number of aryl methyl sites for hydroxylation is 1. The zero-order valence-electron chi connectivity index (χ0n) is 18.8. The lowest BCUT2D eigenvalue weighted by Crippen LogP contribution is -2.41. The van der Waals surface area contributed by atoms with E-state index in [-0.39, 0.29) is 40.3 Å². The number of nitrogens with one attached hydrogen (secondary N) is 4. The lowest BCUT2D eigenvalue weighted by atomic mass is 10.1. The number of amides is 2. The van der Waals surface area contributed by atoms with E-state index >= 15 is 0 Å². The second-order valence-electron chi connectivity index (χ2n) is 7.65. The molecular formula is C21H27ClN10O3. The van der Waals surface area contributed by atoms with Gasteiger partial charge in [-0.3, -0.25) is 25.6 Å². The van der Waals surface area contributed by atoms with Gasteiger partial charge in [-0.05, 0) is 37.0 Å². The normalized spacial score (nSPS) is 14.7. The first-order chi connectivity index (χ1) is 16.7. The van der Waals surface area contributed by atoms with Crippen LogP contribution in [-0.4, -0.2) is 52.9 Å². The molecule has 0 bridgehead atoms. The molecule has 14 heteroatoms. The Bertz CT molecular complexity index is 1120. The van der Waals surface area contributed by atoms with Crippen molar-refractivity contribution in [3.8, 4) is 5.75 Å². The molecule has 186 valence electrons. The van der Waals surface area contributed by atoms with E-state index in [9.17, 15) is 9.59 Å². The van der Waals surface area contributed by atoms with Gasteiger partial charge in [0.25, 0.3) is 11.8 Å². The number of guanidine groups is 2. The van der Waals surface area contributed by atoms with E-state index in [2.05, 4.69) is 30.9 Å². The van der Waals surface area contributed by atoms with E-state index in [0.29, 0.717) is 25.3 Å². The number of anilines is 2. The Balaban J connectivity index is 1.30. The number of rotatable bonds is 10. The predicted molar refractivity (Wildman–Crippen MR) is 132 cm³/mol. The van der Waals surface area contributed by atoms with Gasteiger partial charge in [0.15, 0.2) is 34.4 Å². The highest BCUT2D eigenvalue weighted by Crippen LogP contribution is 2.17. The average Bonchev–Trinajstić information content (AvgIpc) is 3.13. The molecule has 13 nitrogen and oxygen atoms in total. The van der Waals surface area contributed by atoms with Gasteiger partial charge < -0.3 is 27.3 Å². The topological polar surface area (TPSA) is 220 Å². The van der Waals surface area contributed by atoms with E-state index in [1.807, 2.05) is 24.3 Å². The molecule has 1 aliphatic heterocycles. The van der Waals surface area contributed by atoms with Gasteiger partial charge in [-0.25, -0.2) is 15.0 Å². The van der Waals surface area contributed by atoms with Crippen molar-refractivity contribution < 1.29 is 14.3 Å². The number of nitrogens with two attached hydrogens (primary N) is 3. The molecule has 3 rings (SSSR count). The number of carbonyl (C=O) groups excluding carboxylic acids is 2. The molecule has 10 N–H and O–H groups in total. The number of hydrogen-bond donors (Lipinski definition) is 7. The first-order valence-electron chi connectivity index (χ1n) is 10.8. The number of aliphatic imine (C=N–C) groups is 1. The summed E-state index contributed by atoms with van der Waals surface area (Å²) in [7, 11) is 0. The minimum Gasteiger partial charge on any atom is -0.494 e. The standard InChI is InChI=1S/C21H27ClN10O3/c22-15-17(24)30-16(23)14(29-15)19(34)32-20(25)27-9-2-1-3-11-4-6-12(7-5-11)35-10-8-13-18(33)31-21(26)28-13/h4-7,13H,1-3,8-10H2,(H4,23,24,30)(H3,25,27,32,34)(H3,26,28,31,33). The third-order valence-corrected chi connectivity index (χ3v) is 5.26. The molecule has 1 aromatic carbocycles. The fraction of sp³-hybridized carbons (Fsp3) is 0.333. The monoisotopic (exact) mass is 502 g/mol. The van der Waals surface area contributed by atoms with Gasteiger partial charge in [0.1, 0.15) is 11.8 Å². The Labute approximate surface area is 206 Å². The molecule has 2 aromatic rings. The Kier molecular flexibility index (Phi) is 8.62. The maximum Gasteiger partial charge on any atom is 0.280 e. The number of halogens is 1. The van der Waals surface area contributed by atoms with Gasteiger partial charge in [-0.15, -0.1) is 0 Å². The maximum atomic E-state index is 12.2. The first kappa shape index (κ1) is 25.5. The molecule has 0 radical (unpaired) electrons. The molecule has 35 heavy (non-hydrogen) atoms. The lowest BCUT2D eigenvalue weighted by Gasteiger charge is -2.11. The van der Waals surface area contributed by atoms with Crippen LogP contribution in [0, 0.1) is 5.41 Å². The molecule has 0 fully saturated rings. The number of nitrogens with zero attached hydrogens (tertiary/aromatic N) is 3. The molecule has 1 aromatic heterocycles. The quantitative estimate of drug-likeness (QED) is 0.133. The number of benzene rings is 1. The van der Waals surface area contributed by atoms with Crippen molar-refractivity contribution in [1.29, 1.82) is 5.41 Å². The highest BCUT2D eigenvalue weighted by molar-refractivity contribution is 6.31. The van der Waals surface area contributed by atoms with Crippen molar-refractivity contribution >= 4 is 47.0 Å². The molecule has 1 unspecified atom stereocenters. The molecule has 0 saturated heterocycles. The van der Waals surface area contributed by atoms with Crippen LogP contribution in [0.5, 0.6) is 5.75 Å². The van der Waals surface area contributed by atoms with Crippen LogP contribution in [0.2, 0.25) is 5.15 Å². The number of carbonyl (C=O) groups is 2. The zero-order valence-corrected chi connectivity index (χ0v) is 19.6. The molecule has 2 heterocycles. The number of hydrogen-bond acceptors (Lipinski definition) is 10. The SMILES string of the molecule is N=C(NCCCCc1ccc(OCCC2N=C(N)NC2=O)cc1)NC(=O)c1nc(Cl)c(N)nc1N. The van der Waals surface area contributed by atoms with Gasteiger partial charge in [0.05, 0.1) is 6.61 Å². The lowest BCUT2D eigenvalue weighted by molar-refractivity contribution is -0.120. The Morgan fingerprint density at radius 2 is 1.89 bits per heavy atom. The molecule has 2 amide bonds. The second-order valence-corrected chi connectivity index (χ2v) is 8.01. The predicted octanol–water partition coefficient (Wildman–Crippen LogP) is 0.153. The van der Waals surface area contributed by atoms with Crippen molar-refractivity contribution in [2.75, 3.05) is 24.6 Å². The smallest absolute Gasteiger partial charge is 0.280 e. The van der Waals surface area contributed by atoms with E-state index in [4.69, 9.17) is 38.9 Å². The molecule has 0 aliphatic carbocycles. The summed E-state index contributed by atoms with van der Waals surface area (Å²) in [6.07, 6.45) is 2.94. The summed E-state index contributed by atoms with van der Waals surface area (Å²) in [5.41, 5.74) is 17.5. The van der Waals surface area contributed by atoms with Crippen molar-refractivity contribution in [2.24, 2.45) is 10.7 Å². The summed E-state index contributed by atoms with van der Waals surface area (Å²) in [4.78, 5) is 35.3. The number of nitrogen functional groups attached to an aromatic ring is 2. The third kappa shape index (κ3) is 7.43. The zero-order chi connectivity index (χ0) is 25.4. The highest BCUT2D eigenvalue weighted by atomic mass is 35.5. The number of ether oxygens (including phenoxy) is 1. The molecule has 1 atom stereocenters. The van der Waals surface area contributed by atoms with Gasteiger partial charge in [-0.2, -0.15) is 0 Å². The van der Waals surface area contributed by atoms with Gasteiger partial charge in [0.2, 0.25) is 0 Å². The fourth-order valence-electron chi connectivity index (χ4n) is 3.20. The fourth-order valence-corrected chi connectivity index (χ4v) is 3.32. The van der Waals surface area contributed by atoms with Gasteiger partial charge >= 0.3 is 0 Å². The van der Waals surface area contributed by atoms with Crippen molar-refractivity contribution in [3.63, 3.8) is 0 Å². The molecular weight excluding hydrogens is 476 g/mol. The van der Waals surface area contributed by atoms with Crippen molar-refractivity contribution in [1.82, 2.24) is 25.9 Å². The van der Waals surface area contributed by atoms with Crippen LogP contribution in [0.25, 0.3) is 0 Å². The summed E-state index contributed by atoms with van der Waals surface area (Å²) >= 11 is 5.77. The van der Waals surface area contributed by atoms with Crippen LogP contribution in [0.4, 0.5) is 11.6 Å². The van der Waals surface area contributed by atoms with Crippen molar-refractivity contribution in [3.05, 3.63) is 40.7 Å². The Morgan fingerprint density at radius 1 is 1.14 bits per heavy atom. The van der Waals surface area contributed by atoms with Crippen LogP contribution < -0.4 is 37.9 Å². The summed E-state index contributed by atoms with van der Waals surface area (Å²) in [5.74, 6) is -0.498. The highest BCUT2D eigenvalue weighted by Gasteiger charge is 2.24. The molecule has 1 aliphatic rings. The van der Waals surface area contributed by atoms with Crippen LogP contribution in [-0.2, 0) is 11.2 Å². The van der Waals surface area contributed by atoms with Crippen LogP contribution >= 0.6 is 11.6 Å². The van der Waals surface area contributed by atoms with Crippen molar-refractivity contribution in [2.45, 2.75) is 31.7 Å². The minimum absolute atomic E-state index is 0.0768. The largest absolute Gasteiger partial charge is 0.494 e. The average molecular weight is 503 g/mol. The minimum atomic E-state index is -0.708. The molecule has 0 spiro atoms. The summed E-state index contributed by atoms with van der Waals surface area (Å²) < 4.78 is 5.67. The molecule has 0 saturated carbocycles. The summed E-state index contributed by atoms with van der Waals surface area (Å²) in [6, 6.07) is 7.21. The third-order valence-electron chi connectivity index (χ3n) is 4.98. The maximum absolute atomic E-state index is 12.2. The number of aromatic nitrogens is 2. The Morgan fingerprint density at radius 3 is 2.57 bits per heavy atom. The van der Waals surface area contributed by atoms with E-state index < -0.39 is 11.9 Å². The van der Waals surface area contributed by atoms with Crippen LogP contribution in [0.15, 0.2) is 29.3 Å². The van der Waals surface area contributed by atoms with Crippen LogP contribution in [0.3, 0.4) is 0 Å². The second kappa shape index (κ2) is 11.8. The van der Waals surface area contributed by atoms with E-state index in [0.717, 1.165) is 24.8 Å². The van der Waals surface area contributed by atoms with E-state index in [1.165, 1.54) is 0 Å². The van der Waals surface area contributed by atoms with E-state index in [1.54, 1.807) is 0 Å². The summed E-state index contributed by atoms with van der Waals surface area (Å²) in [5, 5.41) is 15.3. The van der Waals surface area contributed by atoms with Gasteiger partial charge in [-0.1, -0.05) is 23.7 Å². The number of unbranched alkanes of at least 4 members (excludes halogenated alkanes) is 1. The van der Waals surface area contributed by atoms with Gasteiger partial charge in [0, 0.05) is 13.0 Å². The first-order valence-corrected chi connectivity index (χ1v) is 11.2. The summed E-state index contributed by atoms with van der Waals surface area (Å²) in [6.45, 7) is 0.846.